The van der Waals surface area contributed by atoms with E-state index in [0.29, 0.717) is 16.8 Å². The summed E-state index contributed by atoms with van der Waals surface area (Å²) in [4.78, 5) is 21.4. The molecule has 2 amide bonds. The van der Waals surface area contributed by atoms with Crippen molar-refractivity contribution in [1.29, 1.82) is 0 Å². The molecule has 1 fully saturated rings. The molecule has 3 heterocycles. The van der Waals surface area contributed by atoms with Gasteiger partial charge in [-0.1, -0.05) is 23.7 Å². The van der Waals surface area contributed by atoms with E-state index in [0.717, 1.165) is 55.0 Å². The number of fused-ring (bicyclic) bond motifs is 6. The maximum Gasteiger partial charge on any atom is 0.319 e. The van der Waals surface area contributed by atoms with Crippen LogP contribution in [0.4, 0.5) is 33.6 Å². The Morgan fingerprint density at radius 1 is 1.06 bits per heavy atom. The Hall–Kier alpha value is -2.78. The molecular weight excluding hydrogens is 497 g/mol. The maximum atomic E-state index is 12.6. The van der Waals surface area contributed by atoms with Crippen LogP contribution in [-0.2, 0) is 12.8 Å². The lowest BCUT2D eigenvalue weighted by Gasteiger charge is -2.16. The van der Waals surface area contributed by atoms with E-state index in [1.54, 1.807) is 6.20 Å². The first-order valence-corrected chi connectivity index (χ1v) is 11.1. The standard InChI is InChI=1S/C23H24ClN7O.2ClH/c24-19-13-26-22-28-16-3-1-2-14(10-16)4-5-15-11-17(27-21(19)31-22)6-7-20(15)30-23(32)29-18-8-9-25-12-18;;/h1-3,6-7,10-11,13,18,25H,4-5,8-9,12H2,(H2,29,30,32)(H2,26,27,28,31);2*1H/t18-;;/m1../s1. The number of rotatable bonds is 2. The third-order valence-electron chi connectivity index (χ3n) is 5.62. The van der Waals surface area contributed by atoms with Gasteiger partial charge in [0.1, 0.15) is 5.02 Å². The minimum Gasteiger partial charge on any atom is -0.339 e. The van der Waals surface area contributed by atoms with Crippen molar-refractivity contribution in [2.75, 3.05) is 29.0 Å². The number of halogens is 3. The zero-order chi connectivity index (χ0) is 21.9. The molecule has 34 heavy (non-hydrogen) atoms. The van der Waals surface area contributed by atoms with Crippen LogP contribution in [0.2, 0.25) is 5.02 Å². The first kappa shape index (κ1) is 25.8. The summed E-state index contributed by atoms with van der Waals surface area (Å²) in [6.45, 7) is 1.73. The molecule has 6 bridgehead atoms. The molecule has 0 spiro atoms. The van der Waals surface area contributed by atoms with Gasteiger partial charge in [-0.05, 0) is 67.3 Å². The lowest BCUT2D eigenvalue weighted by Crippen LogP contribution is -2.39. The van der Waals surface area contributed by atoms with Crippen molar-refractivity contribution in [1.82, 2.24) is 20.6 Å². The topological polar surface area (TPSA) is 103 Å². The number of nitrogens with one attached hydrogen (secondary N) is 5. The molecule has 0 unspecified atom stereocenters. The van der Waals surface area contributed by atoms with Gasteiger partial charge in [0, 0.05) is 29.6 Å². The van der Waals surface area contributed by atoms with Gasteiger partial charge in [-0.3, -0.25) is 0 Å². The monoisotopic (exact) mass is 521 g/mol. The molecule has 5 N–H and O–H groups in total. The molecule has 2 aromatic carbocycles. The number of hydrogen-bond donors (Lipinski definition) is 5. The summed E-state index contributed by atoms with van der Waals surface area (Å²) in [6, 6.07) is 14.0. The molecule has 2 aliphatic heterocycles. The number of urea groups is 1. The van der Waals surface area contributed by atoms with E-state index in [9.17, 15) is 4.79 Å². The molecule has 0 radical (unpaired) electrons. The molecule has 5 rings (SSSR count). The summed E-state index contributed by atoms with van der Waals surface area (Å²) >= 11 is 6.33. The Morgan fingerprint density at radius 3 is 2.74 bits per heavy atom. The summed E-state index contributed by atoms with van der Waals surface area (Å²) in [5.74, 6) is 0.975. The number of aromatic nitrogens is 2. The fourth-order valence-electron chi connectivity index (χ4n) is 3.99. The second-order valence-corrected chi connectivity index (χ2v) is 8.41. The van der Waals surface area contributed by atoms with Gasteiger partial charge in [-0.2, -0.15) is 4.98 Å². The molecule has 0 aliphatic carbocycles. The normalized spacial score (nSPS) is 16.1. The maximum absolute atomic E-state index is 12.6. The number of carbonyl (C=O) groups excluding carboxylic acids is 1. The average molecular weight is 523 g/mol. The molecule has 11 heteroatoms. The van der Waals surface area contributed by atoms with Gasteiger partial charge in [0.15, 0.2) is 5.82 Å². The first-order valence-electron chi connectivity index (χ1n) is 10.7. The van der Waals surface area contributed by atoms with Crippen LogP contribution in [-0.4, -0.2) is 35.1 Å². The molecule has 180 valence electrons. The number of amides is 2. The molecule has 1 atom stereocenters. The number of benzene rings is 2. The van der Waals surface area contributed by atoms with Gasteiger partial charge in [-0.15, -0.1) is 24.8 Å². The average Bonchev–Trinajstić information content (AvgIpc) is 3.29. The second kappa shape index (κ2) is 11.6. The Balaban J connectivity index is 0.00000162. The van der Waals surface area contributed by atoms with Gasteiger partial charge < -0.3 is 26.6 Å². The van der Waals surface area contributed by atoms with Crippen molar-refractivity contribution in [3.8, 4) is 0 Å². The van der Waals surface area contributed by atoms with E-state index in [4.69, 9.17) is 11.6 Å². The summed E-state index contributed by atoms with van der Waals surface area (Å²) in [5.41, 5.74) is 4.73. The summed E-state index contributed by atoms with van der Waals surface area (Å²) < 4.78 is 0. The number of aryl methyl sites for hydroxylation is 2. The Labute approximate surface area is 215 Å². The van der Waals surface area contributed by atoms with Crippen molar-refractivity contribution < 1.29 is 4.79 Å². The fraction of sp³-hybridized carbons (Fsp3) is 0.261. The Morgan fingerprint density at radius 2 is 1.91 bits per heavy atom. The quantitative estimate of drug-likeness (QED) is 0.323. The van der Waals surface area contributed by atoms with E-state index in [1.807, 2.05) is 30.3 Å². The molecule has 2 aliphatic rings. The predicted octanol–water partition coefficient (Wildman–Crippen LogP) is 5.04. The predicted molar refractivity (Wildman–Crippen MR) is 142 cm³/mol. The van der Waals surface area contributed by atoms with Crippen molar-refractivity contribution in [2.45, 2.75) is 25.3 Å². The Kier molecular flexibility index (Phi) is 8.79. The lowest BCUT2D eigenvalue weighted by molar-refractivity contribution is 0.249. The molecular formula is C23H26Cl3N7O. The van der Waals surface area contributed by atoms with E-state index < -0.39 is 0 Å². The highest BCUT2D eigenvalue weighted by Crippen LogP contribution is 2.29. The molecule has 8 nitrogen and oxygen atoms in total. The highest BCUT2D eigenvalue weighted by molar-refractivity contribution is 6.32. The van der Waals surface area contributed by atoms with Crippen LogP contribution in [0.1, 0.15) is 17.5 Å². The van der Waals surface area contributed by atoms with Crippen LogP contribution >= 0.6 is 36.4 Å². The molecule has 1 saturated heterocycles. The fourth-order valence-corrected chi connectivity index (χ4v) is 4.12. The SMILES string of the molecule is Cl.Cl.O=C(Nc1ccc2cc1CCc1cccc(c1)Nc1ncc(Cl)c(n1)N2)N[C@@H]1CCNC1. The number of carbonyl (C=O) groups is 1. The van der Waals surface area contributed by atoms with Gasteiger partial charge in [-0.25, -0.2) is 9.78 Å². The van der Waals surface area contributed by atoms with Crippen molar-refractivity contribution >= 4 is 71.3 Å². The van der Waals surface area contributed by atoms with Crippen LogP contribution in [0.3, 0.4) is 0 Å². The molecule has 1 aromatic heterocycles. The summed E-state index contributed by atoms with van der Waals surface area (Å²) in [5, 5.41) is 16.3. The zero-order valence-corrected chi connectivity index (χ0v) is 20.6. The number of hydrogen-bond acceptors (Lipinski definition) is 6. The van der Waals surface area contributed by atoms with Gasteiger partial charge in [0.25, 0.3) is 0 Å². The largest absolute Gasteiger partial charge is 0.339 e. The van der Waals surface area contributed by atoms with Crippen LogP contribution in [0, 0.1) is 0 Å². The molecule has 0 saturated carbocycles. The van der Waals surface area contributed by atoms with Gasteiger partial charge in [0.2, 0.25) is 5.95 Å². The summed E-state index contributed by atoms with van der Waals surface area (Å²) in [6.07, 6.45) is 4.09. The van der Waals surface area contributed by atoms with E-state index >= 15 is 0 Å². The van der Waals surface area contributed by atoms with Crippen molar-refractivity contribution in [3.63, 3.8) is 0 Å². The smallest absolute Gasteiger partial charge is 0.319 e. The summed E-state index contributed by atoms with van der Waals surface area (Å²) in [7, 11) is 0. The number of anilines is 5. The van der Waals surface area contributed by atoms with E-state index in [1.165, 1.54) is 5.56 Å². The zero-order valence-electron chi connectivity index (χ0n) is 18.2. The highest BCUT2D eigenvalue weighted by atomic mass is 35.5. The minimum atomic E-state index is -0.187. The minimum absolute atomic E-state index is 0. The number of nitrogens with zero attached hydrogens (tertiary/aromatic N) is 2. The van der Waals surface area contributed by atoms with Crippen LogP contribution in [0.15, 0.2) is 48.7 Å². The lowest BCUT2D eigenvalue weighted by atomic mass is 10.0. The first-order chi connectivity index (χ1) is 15.6. The van der Waals surface area contributed by atoms with Crippen LogP contribution in [0.25, 0.3) is 0 Å². The van der Waals surface area contributed by atoms with E-state index in [-0.39, 0.29) is 36.9 Å². The van der Waals surface area contributed by atoms with E-state index in [2.05, 4.69) is 48.7 Å². The van der Waals surface area contributed by atoms with Crippen LogP contribution < -0.4 is 26.6 Å². The van der Waals surface area contributed by atoms with Crippen molar-refractivity contribution in [3.05, 3.63) is 64.8 Å². The van der Waals surface area contributed by atoms with Crippen LogP contribution in [0.5, 0.6) is 0 Å². The third kappa shape index (κ3) is 6.21. The highest BCUT2D eigenvalue weighted by Gasteiger charge is 2.18. The molecule has 3 aromatic rings. The van der Waals surface area contributed by atoms with Crippen molar-refractivity contribution in [2.24, 2.45) is 0 Å². The second-order valence-electron chi connectivity index (χ2n) is 8.00. The Bertz CT molecular complexity index is 1160. The van der Waals surface area contributed by atoms with Gasteiger partial charge >= 0.3 is 6.03 Å². The van der Waals surface area contributed by atoms with Gasteiger partial charge in [0.05, 0.1) is 6.20 Å². The third-order valence-corrected chi connectivity index (χ3v) is 5.90.